The fraction of sp³-hybridized carbons (Fsp3) is 0.111. The van der Waals surface area contributed by atoms with Crippen LogP contribution in [0.5, 0.6) is 23.0 Å². The number of azo groups is 2. The van der Waals surface area contributed by atoms with Crippen molar-refractivity contribution in [3.63, 3.8) is 0 Å². The molecule has 0 amide bonds. The van der Waals surface area contributed by atoms with Crippen molar-refractivity contribution in [2.24, 2.45) is 30.7 Å². The molecule has 0 unspecified atom stereocenters. The smallest absolute Gasteiger partial charge is 0.270 e. The Labute approximate surface area is 288 Å². The van der Waals surface area contributed by atoms with Crippen LogP contribution in [0.4, 0.5) is 22.7 Å². The topological polar surface area (TPSA) is 183 Å². The monoisotopic (exact) mass is 666 g/mol. The van der Waals surface area contributed by atoms with Crippen LogP contribution < -0.4 is 29.8 Å². The van der Waals surface area contributed by atoms with Gasteiger partial charge in [0.1, 0.15) is 35.0 Å². The summed E-state index contributed by atoms with van der Waals surface area (Å²) in [6.45, 7) is 0.645. The van der Waals surface area contributed by atoms with Gasteiger partial charge in [-0.05, 0) is 60.7 Å². The summed E-state index contributed by atoms with van der Waals surface area (Å²) >= 11 is 0. The number of hydrazone groups is 2. The Morgan fingerprint density at radius 2 is 0.900 bits per heavy atom. The van der Waals surface area contributed by atoms with Gasteiger partial charge >= 0.3 is 0 Å². The first-order valence-electron chi connectivity index (χ1n) is 15.3. The first-order chi connectivity index (χ1) is 24.7. The lowest BCUT2D eigenvalue weighted by atomic mass is 10.3. The number of fused-ring (bicyclic) bond motifs is 4. The highest BCUT2D eigenvalue weighted by molar-refractivity contribution is 5.98. The van der Waals surface area contributed by atoms with Crippen molar-refractivity contribution < 1.29 is 18.9 Å². The van der Waals surface area contributed by atoms with Crippen LogP contribution in [-0.4, -0.2) is 24.9 Å². The minimum Gasteiger partial charge on any atom is -0.491 e. The number of nitrogens with one attached hydrogen (secondary N) is 2. The molecule has 50 heavy (non-hydrogen) atoms. The summed E-state index contributed by atoms with van der Waals surface area (Å²) in [6.07, 6.45) is 7.64. The maximum Gasteiger partial charge on any atom is 0.270 e. The number of rotatable bonds is 0. The first kappa shape index (κ1) is 34.0. The predicted molar refractivity (Wildman–Crippen MR) is 188 cm³/mol. The second kappa shape index (κ2) is 18.7. The van der Waals surface area contributed by atoms with E-state index in [1.165, 1.54) is 12.5 Å². The molecule has 0 bridgehead atoms. The van der Waals surface area contributed by atoms with Crippen molar-refractivity contribution in [3.05, 3.63) is 122 Å². The SMILES string of the molecule is N#C/C1=N/Nc2ccccc2OCC/C=C\Oc2ccccc2N=N/C(C#N)=N\Nc2ccccc2OCC/C=C\Oc2ccccc2N=N1. The van der Waals surface area contributed by atoms with Crippen LogP contribution in [0, 0.1) is 22.7 Å². The lowest BCUT2D eigenvalue weighted by Gasteiger charge is -2.10. The molecule has 0 radical (unpaired) electrons. The van der Waals surface area contributed by atoms with Gasteiger partial charge < -0.3 is 18.9 Å². The Hall–Kier alpha value is -7.32. The zero-order chi connectivity index (χ0) is 34.6. The van der Waals surface area contributed by atoms with Gasteiger partial charge in [0.15, 0.2) is 11.5 Å². The van der Waals surface area contributed by atoms with Crippen LogP contribution in [0.25, 0.3) is 0 Å². The molecule has 1 aliphatic rings. The van der Waals surface area contributed by atoms with Crippen molar-refractivity contribution in [3.8, 4) is 35.1 Å². The van der Waals surface area contributed by atoms with E-state index in [-0.39, 0.29) is 11.7 Å². The van der Waals surface area contributed by atoms with E-state index in [0.717, 1.165) is 0 Å². The summed E-state index contributed by atoms with van der Waals surface area (Å²) in [7, 11) is 0. The van der Waals surface area contributed by atoms with Gasteiger partial charge in [-0.1, -0.05) is 48.5 Å². The zero-order valence-electron chi connectivity index (χ0n) is 26.6. The molecular formula is C36H30N10O4. The Kier molecular flexibility index (Phi) is 12.7. The Morgan fingerprint density at radius 3 is 1.34 bits per heavy atom. The van der Waals surface area contributed by atoms with Gasteiger partial charge in [0.05, 0.1) is 37.1 Å². The van der Waals surface area contributed by atoms with Gasteiger partial charge in [0.2, 0.25) is 0 Å². The molecule has 0 spiro atoms. The van der Waals surface area contributed by atoms with Crippen LogP contribution in [0.2, 0.25) is 0 Å². The molecule has 0 aliphatic carbocycles. The minimum atomic E-state index is -0.203. The Bertz CT molecular complexity index is 1880. The summed E-state index contributed by atoms with van der Waals surface area (Å²) in [5.74, 6) is 1.50. The summed E-state index contributed by atoms with van der Waals surface area (Å²) in [4.78, 5) is 0. The molecule has 5 rings (SSSR count). The van der Waals surface area contributed by atoms with Gasteiger partial charge in [-0.3, -0.25) is 10.9 Å². The molecule has 4 aromatic rings. The van der Waals surface area contributed by atoms with Crippen LogP contribution in [-0.2, 0) is 0 Å². The molecule has 0 saturated carbocycles. The molecule has 1 aliphatic heterocycles. The van der Waals surface area contributed by atoms with Crippen molar-refractivity contribution in [2.45, 2.75) is 12.8 Å². The lowest BCUT2D eigenvalue weighted by molar-refractivity contribution is 0.325. The molecule has 0 saturated heterocycles. The molecule has 0 atom stereocenters. The highest BCUT2D eigenvalue weighted by Gasteiger charge is 2.07. The fourth-order valence-corrected chi connectivity index (χ4v) is 4.07. The van der Waals surface area contributed by atoms with Gasteiger partial charge in [-0.15, -0.1) is 30.7 Å². The normalized spacial score (nSPS) is 17.5. The highest BCUT2D eigenvalue weighted by atomic mass is 16.5. The third-order valence-corrected chi connectivity index (χ3v) is 6.44. The van der Waals surface area contributed by atoms with E-state index in [0.29, 0.717) is 71.8 Å². The van der Waals surface area contributed by atoms with Crippen LogP contribution in [0.3, 0.4) is 0 Å². The van der Waals surface area contributed by atoms with Gasteiger partial charge in [0, 0.05) is 12.8 Å². The van der Waals surface area contributed by atoms with E-state index in [2.05, 4.69) is 41.5 Å². The van der Waals surface area contributed by atoms with Crippen molar-refractivity contribution in [1.29, 1.82) is 10.5 Å². The average molecular weight is 667 g/mol. The summed E-state index contributed by atoms with van der Waals surface area (Å²) in [5, 5.41) is 43.8. The molecule has 2 N–H and O–H groups in total. The zero-order valence-corrected chi connectivity index (χ0v) is 26.6. The van der Waals surface area contributed by atoms with E-state index in [9.17, 15) is 10.5 Å². The molecule has 0 aromatic heterocycles. The molecule has 14 heteroatoms. The maximum atomic E-state index is 9.63. The van der Waals surface area contributed by atoms with Crippen molar-refractivity contribution in [1.82, 2.24) is 0 Å². The summed E-state index contributed by atoms with van der Waals surface area (Å²) in [5.41, 5.74) is 7.53. The van der Waals surface area contributed by atoms with E-state index < -0.39 is 0 Å². The Balaban J connectivity index is 1.36. The van der Waals surface area contributed by atoms with Gasteiger partial charge in [-0.25, -0.2) is 0 Å². The van der Waals surface area contributed by atoms with Crippen molar-refractivity contribution in [2.75, 3.05) is 24.1 Å². The van der Waals surface area contributed by atoms with Crippen LogP contribution in [0.15, 0.2) is 152 Å². The molecule has 1 heterocycles. The predicted octanol–water partition coefficient (Wildman–Crippen LogP) is 8.79. The largest absolute Gasteiger partial charge is 0.491 e. The third kappa shape index (κ3) is 10.3. The number of amidine groups is 2. The van der Waals surface area contributed by atoms with E-state index in [1.807, 2.05) is 24.3 Å². The number of ether oxygens (including phenoxy) is 4. The molecule has 248 valence electrons. The average Bonchev–Trinajstić information content (AvgIpc) is 3.16. The van der Waals surface area contributed by atoms with E-state index >= 15 is 0 Å². The second-order valence-corrected chi connectivity index (χ2v) is 9.90. The highest BCUT2D eigenvalue weighted by Crippen LogP contribution is 2.29. The first-order valence-corrected chi connectivity index (χ1v) is 15.3. The van der Waals surface area contributed by atoms with Crippen LogP contribution >= 0.6 is 0 Å². The molecule has 14 nitrogen and oxygen atoms in total. The number of nitrogens with zero attached hydrogens (tertiary/aromatic N) is 8. The second-order valence-electron chi connectivity index (χ2n) is 9.90. The number of nitriles is 2. The maximum absolute atomic E-state index is 9.63. The molecule has 4 aromatic carbocycles. The van der Waals surface area contributed by atoms with E-state index in [4.69, 9.17) is 18.9 Å². The number of benzene rings is 4. The number of hydrogen-bond acceptors (Lipinski definition) is 14. The van der Waals surface area contributed by atoms with Gasteiger partial charge in [-0.2, -0.15) is 10.5 Å². The quantitative estimate of drug-likeness (QED) is 0.187. The van der Waals surface area contributed by atoms with E-state index in [1.54, 1.807) is 97.1 Å². The van der Waals surface area contributed by atoms with Gasteiger partial charge in [0.25, 0.3) is 11.7 Å². The Morgan fingerprint density at radius 1 is 0.500 bits per heavy atom. The molecule has 0 fully saturated rings. The number of para-hydroxylation sites is 6. The molecular weight excluding hydrogens is 636 g/mol. The lowest BCUT2D eigenvalue weighted by Crippen LogP contribution is -2.01. The standard InChI is InChI=1S/C36H30N10O4/c37-25-35-43-39-27-13-1-5-17-31(27)47-21-9-10-22-48-33-19-7-3-15-29(33)41-45-36(26-38)46-42-30-16-4-8-20-34(30)50-24-12-11-23-49-32-18-6-2-14-28(32)40-44-35/h1-9,12-21,24,40-41H,10-11,22-23H2/b21-9-,24-12-,43-39?,44-35-,45-36-,46-42?. The van der Waals surface area contributed by atoms with Crippen molar-refractivity contribution >= 4 is 34.4 Å². The fourth-order valence-electron chi connectivity index (χ4n) is 4.07. The summed E-state index contributed by atoms with van der Waals surface area (Å²) in [6, 6.07) is 32.2. The number of anilines is 2. The summed E-state index contributed by atoms with van der Waals surface area (Å²) < 4.78 is 23.4. The minimum absolute atomic E-state index is 0.203. The van der Waals surface area contributed by atoms with Crippen LogP contribution in [0.1, 0.15) is 12.8 Å². The number of hydrogen-bond donors (Lipinski definition) is 2. The third-order valence-electron chi connectivity index (χ3n) is 6.44.